The second-order valence-corrected chi connectivity index (χ2v) is 3.05. The third-order valence-corrected chi connectivity index (χ3v) is 1.75. The fraction of sp³-hybridized carbons (Fsp3) is 0.571. The average Bonchev–Trinajstić information content (AvgIpc) is 2.16. The molecular weight excluding hydrogens is 206 g/mol. The third-order valence-electron chi connectivity index (χ3n) is 1.24. The summed E-state index contributed by atoms with van der Waals surface area (Å²) in [6.07, 6.45) is 1.65. The van der Waals surface area contributed by atoms with Crippen molar-refractivity contribution in [3.8, 4) is 0 Å². The fourth-order valence-electron chi connectivity index (χ4n) is 0.557. The number of carbonyl (C=O) groups is 2. The van der Waals surface area contributed by atoms with Gasteiger partial charge in [0.1, 0.15) is 0 Å². The number of amidine groups is 1. The minimum absolute atomic E-state index is 0.0646. The molecule has 7 heteroatoms. The molecule has 1 unspecified atom stereocenters. The first kappa shape index (κ1) is 12.9. The van der Waals surface area contributed by atoms with E-state index in [0.717, 1.165) is 11.8 Å². The molecule has 0 aliphatic rings. The van der Waals surface area contributed by atoms with Crippen molar-refractivity contribution in [3.05, 3.63) is 0 Å². The largest absolute Gasteiger partial charge is 0.464 e. The summed E-state index contributed by atoms with van der Waals surface area (Å²) in [6, 6.07) is -1.39. The first-order valence-corrected chi connectivity index (χ1v) is 5.09. The number of hydrogen-bond acceptors (Lipinski definition) is 5. The number of amides is 1. The summed E-state index contributed by atoms with van der Waals surface area (Å²) < 4.78 is 4.54. The molecule has 0 bridgehead atoms. The van der Waals surface area contributed by atoms with Crippen LogP contribution in [0.5, 0.6) is 0 Å². The lowest BCUT2D eigenvalue weighted by atomic mass is 10.3. The molecule has 6 nitrogen and oxygen atoms in total. The van der Waals surface area contributed by atoms with Crippen LogP contribution >= 0.6 is 11.8 Å². The van der Waals surface area contributed by atoms with Crippen molar-refractivity contribution in [1.29, 1.82) is 0 Å². The Morgan fingerprint density at radius 1 is 1.57 bits per heavy atom. The Morgan fingerprint density at radius 2 is 2.14 bits per heavy atom. The summed E-state index contributed by atoms with van der Waals surface area (Å²) in [6.45, 7) is 1.79. The van der Waals surface area contributed by atoms with E-state index < -0.39 is 17.9 Å². The molecule has 0 heterocycles. The van der Waals surface area contributed by atoms with E-state index in [2.05, 4.69) is 9.73 Å². The van der Waals surface area contributed by atoms with Gasteiger partial charge in [0.25, 0.3) is 5.91 Å². The number of esters is 1. The highest BCUT2D eigenvalue weighted by molar-refractivity contribution is 8.13. The van der Waals surface area contributed by atoms with Crippen molar-refractivity contribution in [1.82, 2.24) is 0 Å². The Balaban J connectivity index is 4.32. The number of nitrogens with zero attached hydrogens (tertiary/aromatic N) is 1. The van der Waals surface area contributed by atoms with Crippen LogP contribution in [-0.4, -0.2) is 35.9 Å². The highest BCUT2D eigenvalue weighted by atomic mass is 32.2. The molecule has 0 saturated heterocycles. The average molecular weight is 219 g/mol. The maximum atomic E-state index is 11.1. The molecule has 1 amide bonds. The van der Waals surface area contributed by atoms with Gasteiger partial charge in [0.15, 0.2) is 11.2 Å². The van der Waals surface area contributed by atoms with Gasteiger partial charge in [-0.2, -0.15) is 4.99 Å². The van der Waals surface area contributed by atoms with Crippen LogP contribution in [-0.2, 0) is 14.3 Å². The molecule has 0 saturated carbocycles. The van der Waals surface area contributed by atoms with E-state index in [0.29, 0.717) is 0 Å². The highest BCUT2D eigenvalue weighted by Gasteiger charge is 2.23. The molecule has 14 heavy (non-hydrogen) atoms. The molecule has 0 radical (unpaired) electrons. The summed E-state index contributed by atoms with van der Waals surface area (Å²) >= 11 is 1.09. The topological polar surface area (TPSA) is 108 Å². The van der Waals surface area contributed by atoms with E-state index in [-0.39, 0.29) is 11.8 Å². The number of rotatable bonds is 3. The van der Waals surface area contributed by atoms with Crippen LogP contribution in [0.2, 0.25) is 0 Å². The molecule has 0 aliphatic carbocycles. The molecule has 0 aliphatic heterocycles. The van der Waals surface area contributed by atoms with E-state index in [1.54, 1.807) is 13.2 Å². The number of ether oxygens (including phenoxy) is 1. The van der Waals surface area contributed by atoms with Crippen LogP contribution in [0.4, 0.5) is 0 Å². The number of carbonyl (C=O) groups excluding carboxylic acids is 2. The van der Waals surface area contributed by atoms with Gasteiger partial charge in [-0.25, -0.2) is 4.79 Å². The SMILES string of the molecule is CCOC(=O)C(N)C(=O)N=C(N)SC. The Kier molecular flexibility index (Phi) is 5.89. The minimum Gasteiger partial charge on any atom is -0.464 e. The monoisotopic (exact) mass is 219 g/mol. The van der Waals surface area contributed by atoms with E-state index in [4.69, 9.17) is 11.5 Å². The van der Waals surface area contributed by atoms with Gasteiger partial charge in [-0.15, -0.1) is 0 Å². The fourth-order valence-corrected chi connectivity index (χ4v) is 0.738. The molecule has 4 N–H and O–H groups in total. The van der Waals surface area contributed by atoms with Gasteiger partial charge in [0.05, 0.1) is 6.61 Å². The molecule has 80 valence electrons. The van der Waals surface area contributed by atoms with Crippen molar-refractivity contribution in [2.24, 2.45) is 16.5 Å². The van der Waals surface area contributed by atoms with E-state index in [1.807, 2.05) is 0 Å². The van der Waals surface area contributed by atoms with Crippen LogP contribution < -0.4 is 11.5 Å². The Labute approximate surface area is 86.1 Å². The van der Waals surface area contributed by atoms with Crippen LogP contribution in [0, 0.1) is 0 Å². The summed E-state index contributed by atoms with van der Waals surface area (Å²) in [5.41, 5.74) is 10.5. The molecule has 0 aromatic rings. The van der Waals surface area contributed by atoms with Crippen LogP contribution in [0.3, 0.4) is 0 Å². The normalized spacial score (nSPS) is 13.5. The molecule has 0 aromatic heterocycles. The van der Waals surface area contributed by atoms with Crippen LogP contribution in [0.25, 0.3) is 0 Å². The molecule has 0 spiro atoms. The van der Waals surface area contributed by atoms with E-state index in [9.17, 15) is 9.59 Å². The predicted molar refractivity (Wildman–Crippen MR) is 54.8 cm³/mol. The molecule has 1 atom stereocenters. The lowest BCUT2D eigenvalue weighted by Crippen LogP contribution is -2.39. The minimum atomic E-state index is -1.39. The smallest absolute Gasteiger partial charge is 0.332 e. The van der Waals surface area contributed by atoms with Gasteiger partial charge in [0, 0.05) is 0 Å². The second kappa shape index (κ2) is 6.39. The zero-order chi connectivity index (χ0) is 11.1. The van der Waals surface area contributed by atoms with Crippen molar-refractivity contribution in [3.63, 3.8) is 0 Å². The first-order chi connectivity index (χ1) is 6.52. The van der Waals surface area contributed by atoms with Crippen molar-refractivity contribution in [2.45, 2.75) is 13.0 Å². The zero-order valence-corrected chi connectivity index (χ0v) is 8.84. The third kappa shape index (κ3) is 4.24. The standard InChI is InChI=1S/C7H13N3O3S/c1-3-13-6(12)4(8)5(11)10-7(9)14-2/h4H,3,8H2,1-2H3,(H2,9,10,11). The summed E-state index contributed by atoms with van der Waals surface area (Å²) in [5.74, 6) is -1.59. The Morgan fingerprint density at radius 3 is 2.57 bits per heavy atom. The van der Waals surface area contributed by atoms with Gasteiger partial charge in [-0.1, -0.05) is 11.8 Å². The van der Waals surface area contributed by atoms with Crippen molar-refractivity contribution < 1.29 is 14.3 Å². The van der Waals surface area contributed by atoms with E-state index in [1.165, 1.54) is 0 Å². The number of aliphatic imine (C=N–C) groups is 1. The van der Waals surface area contributed by atoms with E-state index >= 15 is 0 Å². The predicted octanol–water partition coefficient (Wildman–Crippen LogP) is -0.919. The molecule has 0 rings (SSSR count). The maximum Gasteiger partial charge on any atom is 0.332 e. The molecular formula is C7H13N3O3S. The molecule has 0 fully saturated rings. The highest BCUT2D eigenvalue weighted by Crippen LogP contribution is 1.95. The van der Waals surface area contributed by atoms with Gasteiger partial charge in [-0.05, 0) is 13.2 Å². The lowest BCUT2D eigenvalue weighted by molar-refractivity contribution is -0.147. The number of nitrogens with two attached hydrogens (primary N) is 2. The second-order valence-electron chi connectivity index (χ2n) is 2.22. The van der Waals surface area contributed by atoms with Gasteiger partial charge in [0.2, 0.25) is 0 Å². The summed E-state index contributed by atoms with van der Waals surface area (Å²) in [4.78, 5) is 25.5. The van der Waals surface area contributed by atoms with Crippen molar-refractivity contribution >= 4 is 28.8 Å². The number of thioether (sulfide) groups is 1. The van der Waals surface area contributed by atoms with Gasteiger partial charge in [-0.3, -0.25) is 4.79 Å². The van der Waals surface area contributed by atoms with Crippen LogP contribution in [0.1, 0.15) is 6.92 Å². The number of hydrogen-bond donors (Lipinski definition) is 2. The lowest BCUT2D eigenvalue weighted by Gasteiger charge is -2.06. The first-order valence-electron chi connectivity index (χ1n) is 3.87. The summed E-state index contributed by atoms with van der Waals surface area (Å²) in [7, 11) is 0. The molecule has 0 aromatic carbocycles. The van der Waals surface area contributed by atoms with Gasteiger partial charge >= 0.3 is 5.97 Å². The van der Waals surface area contributed by atoms with Gasteiger partial charge < -0.3 is 16.2 Å². The zero-order valence-electron chi connectivity index (χ0n) is 8.02. The van der Waals surface area contributed by atoms with Crippen molar-refractivity contribution in [2.75, 3.05) is 12.9 Å². The Hall–Kier alpha value is -1.08. The maximum absolute atomic E-state index is 11.1. The Bertz CT molecular complexity index is 255. The quantitative estimate of drug-likeness (QED) is 0.275. The van der Waals surface area contributed by atoms with Crippen LogP contribution in [0.15, 0.2) is 4.99 Å². The summed E-state index contributed by atoms with van der Waals surface area (Å²) in [5, 5.41) is 0.0646.